The molecule has 0 aliphatic heterocycles. The van der Waals surface area contributed by atoms with Gasteiger partial charge in [-0.05, 0) is 56.2 Å². The van der Waals surface area contributed by atoms with Crippen molar-refractivity contribution < 1.29 is 8.42 Å². The summed E-state index contributed by atoms with van der Waals surface area (Å²) in [7, 11) is -3.46. The number of nitrogens with zero attached hydrogens (tertiary/aromatic N) is 3. The minimum absolute atomic E-state index is 0.217. The van der Waals surface area contributed by atoms with Crippen molar-refractivity contribution in [2.24, 2.45) is 0 Å². The second kappa shape index (κ2) is 11.4. The predicted octanol–water partition coefficient (Wildman–Crippen LogP) is 6.30. The summed E-state index contributed by atoms with van der Waals surface area (Å²) >= 11 is 7.18. The van der Waals surface area contributed by atoms with E-state index in [-0.39, 0.29) is 21.3 Å². The third-order valence-corrected chi connectivity index (χ3v) is 10.2. The number of rotatable bonds is 7. The topological polar surface area (TPSA) is 127 Å². The number of nitrogens with one attached hydrogen (secondary N) is 2. The Bertz CT molecular complexity index is 2260. The Balaban J connectivity index is 1.57. The number of para-hydroxylation sites is 1. The SMILES string of the molecule is CC(C)S(=O)(=O)c1ccc(-c2cccc3c(Cl)c([C@H](C)Nc4ncnc5[nH]ccc(=O)c45)n(-c4ccccc4)c(=O)c23)cc1. The first kappa shape index (κ1) is 29.3. The molecule has 0 aliphatic rings. The van der Waals surface area contributed by atoms with Crippen molar-refractivity contribution in [3.8, 4) is 16.8 Å². The van der Waals surface area contributed by atoms with Crippen molar-refractivity contribution >= 4 is 49.1 Å². The maximum absolute atomic E-state index is 14.5. The van der Waals surface area contributed by atoms with Crippen molar-refractivity contribution in [3.63, 3.8) is 0 Å². The molecular weight excluding hydrogens is 598 g/mol. The fourth-order valence-electron chi connectivity index (χ4n) is 5.37. The molecule has 2 N–H and O–H groups in total. The van der Waals surface area contributed by atoms with Gasteiger partial charge >= 0.3 is 0 Å². The highest BCUT2D eigenvalue weighted by Crippen LogP contribution is 2.37. The molecule has 0 saturated carbocycles. The Morgan fingerprint density at radius 3 is 2.30 bits per heavy atom. The van der Waals surface area contributed by atoms with Crippen molar-refractivity contribution in [1.29, 1.82) is 0 Å². The largest absolute Gasteiger partial charge is 0.361 e. The van der Waals surface area contributed by atoms with E-state index >= 15 is 0 Å². The Morgan fingerprint density at radius 1 is 0.864 bits per heavy atom. The number of halogens is 1. The van der Waals surface area contributed by atoms with Gasteiger partial charge in [0.1, 0.15) is 23.2 Å². The lowest BCUT2D eigenvalue weighted by molar-refractivity contribution is 0.587. The number of aromatic amines is 1. The lowest BCUT2D eigenvalue weighted by Gasteiger charge is -2.24. The number of H-pyrrole nitrogens is 1. The van der Waals surface area contributed by atoms with E-state index in [0.717, 1.165) is 0 Å². The van der Waals surface area contributed by atoms with Gasteiger partial charge in [0.15, 0.2) is 15.3 Å². The monoisotopic (exact) mass is 625 g/mol. The van der Waals surface area contributed by atoms with Crippen molar-refractivity contribution in [2.45, 2.75) is 37.0 Å². The van der Waals surface area contributed by atoms with Gasteiger partial charge in [0.25, 0.3) is 5.56 Å². The van der Waals surface area contributed by atoms with Gasteiger partial charge in [-0.25, -0.2) is 18.4 Å². The van der Waals surface area contributed by atoms with Gasteiger partial charge in [-0.2, -0.15) is 0 Å². The van der Waals surface area contributed by atoms with Gasteiger partial charge in [0, 0.05) is 23.3 Å². The normalized spacial score (nSPS) is 12.6. The number of sulfone groups is 1. The third kappa shape index (κ3) is 4.95. The lowest BCUT2D eigenvalue weighted by Crippen LogP contribution is -2.27. The van der Waals surface area contributed by atoms with Crippen LogP contribution in [0.3, 0.4) is 0 Å². The molecule has 44 heavy (non-hydrogen) atoms. The zero-order chi connectivity index (χ0) is 31.2. The highest BCUT2D eigenvalue weighted by Gasteiger charge is 2.25. The number of aromatic nitrogens is 4. The van der Waals surface area contributed by atoms with Crippen LogP contribution in [-0.2, 0) is 9.84 Å². The highest BCUT2D eigenvalue weighted by molar-refractivity contribution is 7.92. The summed E-state index contributed by atoms with van der Waals surface area (Å²) < 4.78 is 27.0. The highest BCUT2D eigenvalue weighted by atomic mass is 35.5. The predicted molar refractivity (Wildman–Crippen MR) is 175 cm³/mol. The fraction of sp³-hybridized carbons (Fsp3) is 0.152. The number of hydrogen-bond donors (Lipinski definition) is 2. The molecule has 9 nitrogen and oxygen atoms in total. The molecule has 6 aromatic rings. The number of hydrogen-bond acceptors (Lipinski definition) is 7. The Kier molecular flexibility index (Phi) is 7.56. The summed E-state index contributed by atoms with van der Waals surface area (Å²) in [4.78, 5) is 38.9. The smallest absolute Gasteiger partial charge is 0.263 e. The first-order chi connectivity index (χ1) is 21.1. The molecule has 0 unspecified atom stereocenters. The van der Waals surface area contributed by atoms with Crippen LogP contribution in [0.25, 0.3) is 38.6 Å². The molecule has 0 bridgehead atoms. The molecule has 0 fully saturated rings. The van der Waals surface area contributed by atoms with E-state index in [1.807, 2.05) is 49.4 Å². The first-order valence-electron chi connectivity index (χ1n) is 14.0. The summed E-state index contributed by atoms with van der Waals surface area (Å²) in [5.74, 6) is 0.303. The Labute approximate surface area is 258 Å². The van der Waals surface area contributed by atoms with Crippen molar-refractivity contribution in [1.82, 2.24) is 19.5 Å². The van der Waals surface area contributed by atoms with E-state index in [1.165, 1.54) is 18.6 Å². The van der Waals surface area contributed by atoms with Gasteiger partial charge in [0.2, 0.25) is 0 Å². The molecule has 3 aromatic heterocycles. The van der Waals surface area contributed by atoms with Crippen LogP contribution in [0.15, 0.2) is 106 Å². The molecule has 222 valence electrons. The van der Waals surface area contributed by atoms with Crippen LogP contribution in [0, 0.1) is 0 Å². The van der Waals surface area contributed by atoms with Crippen LogP contribution in [0.2, 0.25) is 5.02 Å². The molecule has 11 heteroatoms. The van der Waals surface area contributed by atoms with E-state index in [4.69, 9.17) is 11.6 Å². The minimum atomic E-state index is -3.46. The zero-order valence-corrected chi connectivity index (χ0v) is 25.6. The molecule has 0 amide bonds. The molecule has 0 aliphatic carbocycles. The van der Waals surface area contributed by atoms with Crippen LogP contribution >= 0.6 is 11.6 Å². The zero-order valence-electron chi connectivity index (χ0n) is 24.1. The lowest BCUT2D eigenvalue weighted by atomic mass is 9.97. The molecule has 3 aromatic carbocycles. The van der Waals surface area contributed by atoms with Crippen molar-refractivity contribution in [2.75, 3.05) is 5.32 Å². The third-order valence-electron chi connectivity index (χ3n) is 7.62. The van der Waals surface area contributed by atoms with E-state index in [1.54, 1.807) is 48.7 Å². The molecule has 0 saturated heterocycles. The Morgan fingerprint density at radius 2 is 1.59 bits per heavy atom. The van der Waals surface area contributed by atoms with Gasteiger partial charge < -0.3 is 10.3 Å². The number of benzene rings is 3. The standard InChI is InChI=1S/C33H28ClN5O4S/c1-19(2)44(42,43)23-14-12-21(13-15-23)24-10-7-11-25-27(24)33(41)39(22-8-5-4-6-9-22)30(29(25)34)20(3)38-32-28-26(40)16-17-35-31(28)36-18-37-32/h4-20H,1-3H3,(H2,35,36,37,38,40)/t20-/m0/s1. The van der Waals surface area contributed by atoms with Gasteiger partial charge in [0.05, 0.1) is 32.3 Å². The van der Waals surface area contributed by atoms with E-state index < -0.39 is 21.1 Å². The van der Waals surface area contributed by atoms with Crippen LogP contribution in [-0.4, -0.2) is 33.2 Å². The number of fused-ring (bicyclic) bond motifs is 2. The summed E-state index contributed by atoms with van der Waals surface area (Å²) in [5.41, 5.74) is 2.19. The molecule has 0 spiro atoms. The molecule has 3 heterocycles. The Hall–Kier alpha value is -4.80. The van der Waals surface area contributed by atoms with Gasteiger partial charge in [-0.1, -0.05) is 60.1 Å². The summed E-state index contributed by atoms with van der Waals surface area (Å²) in [6.07, 6.45) is 2.87. The maximum Gasteiger partial charge on any atom is 0.263 e. The van der Waals surface area contributed by atoms with Crippen LogP contribution in [0.4, 0.5) is 5.82 Å². The van der Waals surface area contributed by atoms with Crippen LogP contribution < -0.4 is 16.3 Å². The van der Waals surface area contributed by atoms with Crippen LogP contribution in [0.5, 0.6) is 0 Å². The van der Waals surface area contributed by atoms with Gasteiger partial charge in [-0.15, -0.1) is 0 Å². The maximum atomic E-state index is 14.5. The number of anilines is 1. The molecular formula is C33H28ClN5O4S. The average Bonchev–Trinajstić information content (AvgIpc) is 3.02. The molecule has 6 rings (SSSR count). The second-order valence-corrected chi connectivity index (χ2v) is 13.6. The number of pyridine rings is 2. The second-order valence-electron chi connectivity index (χ2n) is 10.7. The van der Waals surface area contributed by atoms with Gasteiger partial charge in [-0.3, -0.25) is 14.2 Å². The van der Waals surface area contributed by atoms with E-state index in [9.17, 15) is 18.0 Å². The van der Waals surface area contributed by atoms with E-state index in [0.29, 0.717) is 49.8 Å². The molecule has 0 radical (unpaired) electrons. The molecule has 1 atom stereocenters. The summed E-state index contributed by atoms with van der Waals surface area (Å²) in [6, 6.07) is 21.9. The average molecular weight is 626 g/mol. The van der Waals surface area contributed by atoms with Crippen LogP contribution in [0.1, 0.15) is 32.5 Å². The minimum Gasteiger partial charge on any atom is -0.361 e. The summed E-state index contributed by atoms with van der Waals surface area (Å²) in [6.45, 7) is 5.12. The first-order valence-corrected chi connectivity index (χ1v) is 15.9. The quantitative estimate of drug-likeness (QED) is 0.213. The van der Waals surface area contributed by atoms with E-state index in [2.05, 4.69) is 20.3 Å². The fourth-order valence-corrected chi connectivity index (χ4v) is 6.83. The summed E-state index contributed by atoms with van der Waals surface area (Å²) in [5, 5.41) is 4.29. The van der Waals surface area contributed by atoms with Crippen molar-refractivity contribution in [3.05, 3.63) is 123 Å².